The van der Waals surface area contributed by atoms with Crippen molar-refractivity contribution >= 4 is 22.6 Å². The molecule has 3 rings (SSSR count). The quantitative estimate of drug-likeness (QED) is 0.615. The van der Waals surface area contributed by atoms with Gasteiger partial charge in [-0.2, -0.15) is 13.2 Å². The normalized spacial score (nSPS) is 15.6. The smallest absolute Gasteiger partial charge is 0.410 e. The molecule has 2 aromatic rings. The first-order valence-electron chi connectivity index (χ1n) is 9.36. The largest absolute Gasteiger partial charge is 0.444 e. The van der Waals surface area contributed by atoms with Crippen LogP contribution in [-0.4, -0.2) is 40.4 Å². The number of halogens is 4. The highest BCUT2D eigenvalue weighted by Gasteiger charge is 2.30. The molecule has 1 aromatic carbocycles. The second kappa shape index (κ2) is 7.39. The number of nitrogens with zero attached hydrogens (tertiary/aromatic N) is 2. The van der Waals surface area contributed by atoms with Crippen LogP contribution < -0.4 is 0 Å². The van der Waals surface area contributed by atoms with Gasteiger partial charge >= 0.3 is 12.3 Å². The molecule has 1 aromatic heterocycles. The zero-order chi connectivity index (χ0) is 21.6. The van der Waals surface area contributed by atoms with Gasteiger partial charge in [0.15, 0.2) is 0 Å². The number of aryl methyl sites for hydroxylation is 1. The predicted molar refractivity (Wildman–Crippen MR) is 103 cm³/mol. The Hall–Kier alpha value is -2.51. The zero-order valence-electron chi connectivity index (χ0n) is 16.9. The van der Waals surface area contributed by atoms with Crippen LogP contribution in [0.25, 0.3) is 16.5 Å². The lowest BCUT2D eigenvalue weighted by Gasteiger charge is -2.29. The lowest BCUT2D eigenvalue weighted by atomic mass is 9.98. The van der Waals surface area contributed by atoms with Gasteiger partial charge in [-0.25, -0.2) is 9.18 Å². The number of amides is 1. The second-order valence-corrected chi connectivity index (χ2v) is 8.28. The summed E-state index contributed by atoms with van der Waals surface area (Å²) in [4.78, 5) is 13.7. The van der Waals surface area contributed by atoms with E-state index in [0.717, 1.165) is 5.57 Å². The van der Waals surface area contributed by atoms with Crippen LogP contribution in [-0.2, 0) is 18.2 Å². The third-order valence-corrected chi connectivity index (χ3v) is 4.82. The van der Waals surface area contributed by atoms with Crippen LogP contribution in [0.3, 0.4) is 0 Å². The minimum absolute atomic E-state index is 0.0813. The summed E-state index contributed by atoms with van der Waals surface area (Å²) in [5, 5.41) is 0.430. The van der Waals surface area contributed by atoms with E-state index < -0.39 is 30.1 Å². The monoisotopic (exact) mass is 412 g/mol. The number of hydrogen-bond acceptors (Lipinski definition) is 2. The fourth-order valence-corrected chi connectivity index (χ4v) is 3.44. The van der Waals surface area contributed by atoms with Crippen molar-refractivity contribution < 1.29 is 27.1 Å². The van der Waals surface area contributed by atoms with Gasteiger partial charge in [0, 0.05) is 42.3 Å². The molecule has 8 heteroatoms. The van der Waals surface area contributed by atoms with Crippen molar-refractivity contribution in [3.05, 3.63) is 41.3 Å². The summed E-state index contributed by atoms with van der Waals surface area (Å²) in [5.74, 6) is -0.487. The Labute approximate surface area is 166 Å². The third kappa shape index (κ3) is 4.92. The minimum atomic E-state index is -4.33. The maximum atomic E-state index is 14.7. The van der Waals surface area contributed by atoms with E-state index in [1.165, 1.54) is 21.6 Å². The van der Waals surface area contributed by atoms with Crippen molar-refractivity contribution in [3.8, 4) is 0 Å². The predicted octanol–water partition coefficient (Wildman–Crippen LogP) is 5.45. The molecule has 0 spiro atoms. The number of carbonyl (C=O) groups excluding carboxylic acids is 1. The van der Waals surface area contributed by atoms with Crippen molar-refractivity contribution in [1.82, 2.24) is 9.47 Å². The van der Waals surface area contributed by atoms with E-state index in [1.807, 2.05) is 0 Å². The molecular weight excluding hydrogens is 388 g/mol. The molecule has 0 saturated heterocycles. The summed E-state index contributed by atoms with van der Waals surface area (Å²) in [6.07, 6.45) is -3.63. The van der Waals surface area contributed by atoms with Gasteiger partial charge in [0.05, 0.1) is 6.42 Å². The van der Waals surface area contributed by atoms with Gasteiger partial charge in [-0.3, -0.25) is 0 Å². The molecule has 29 heavy (non-hydrogen) atoms. The molecule has 1 aliphatic heterocycles. The Morgan fingerprint density at radius 3 is 2.41 bits per heavy atom. The van der Waals surface area contributed by atoms with Gasteiger partial charge in [0.1, 0.15) is 11.4 Å². The van der Waals surface area contributed by atoms with Gasteiger partial charge in [-0.05, 0) is 51.0 Å². The van der Waals surface area contributed by atoms with Crippen LogP contribution in [0.1, 0.15) is 38.4 Å². The molecule has 1 aliphatic rings. The highest BCUT2D eigenvalue weighted by Crippen LogP contribution is 2.32. The number of hydrogen-bond donors (Lipinski definition) is 0. The van der Waals surface area contributed by atoms with Gasteiger partial charge in [-0.15, -0.1) is 0 Å². The summed E-state index contributed by atoms with van der Waals surface area (Å²) in [5.41, 5.74) is 1.09. The van der Waals surface area contributed by atoms with E-state index in [0.29, 0.717) is 29.4 Å². The lowest BCUT2D eigenvalue weighted by molar-refractivity contribution is -0.128. The van der Waals surface area contributed by atoms with Gasteiger partial charge in [-0.1, -0.05) is 6.08 Å². The lowest BCUT2D eigenvalue weighted by Crippen LogP contribution is -2.39. The van der Waals surface area contributed by atoms with Crippen LogP contribution in [0.15, 0.2) is 24.3 Å². The Morgan fingerprint density at radius 1 is 1.17 bits per heavy atom. The standard InChI is InChI=1S/C21H24F4N2O2/c1-20(2,3)29-19(28)27-7-5-13(6-8-27)16-11-18-14(10-17(16)22)9-15(26(18)4)12-21(23,24)25/h5,9-11H,6-8,12H2,1-4H3. The van der Waals surface area contributed by atoms with E-state index >= 15 is 0 Å². The molecule has 158 valence electrons. The zero-order valence-corrected chi connectivity index (χ0v) is 16.9. The van der Waals surface area contributed by atoms with Crippen molar-refractivity contribution in [2.24, 2.45) is 7.05 Å². The van der Waals surface area contributed by atoms with Crippen molar-refractivity contribution in [3.63, 3.8) is 0 Å². The number of rotatable bonds is 2. The second-order valence-electron chi connectivity index (χ2n) is 8.28. The molecule has 0 unspecified atom stereocenters. The van der Waals surface area contributed by atoms with E-state index in [2.05, 4.69) is 0 Å². The Balaban J connectivity index is 1.86. The average molecular weight is 412 g/mol. The number of aromatic nitrogens is 1. The summed E-state index contributed by atoms with van der Waals surface area (Å²) < 4.78 is 59.8. The highest BCUT2D eigenvalue weighted by molar-refractivity contribution is 5.86. The van der Waals surface area contributed by atoms with Crippen LogP contribution in [0.4, 0.5) is 22.4 Å². The van der Waals surface area contributed by atoms with Gasteiger partial charge in [0.25, 0.3) is 0 Å². The van der Waals surface area contributed by atoms with Crippen LogP contribution >= 0.6 is 0 Å². The molecule has 0 aliphatic carbocycles. The fourth-order valence-electron chi connectivity index (χ4n) is 3.44. The maximum Gasteiger partial charge on any atom is 0.410 e. The number of alkyl halides is 3. The molecule has 0 bridgehead atoms. The molecule has 0 fully saturated rings. The van der Waals surface area contributed by atoms with Crippen LogP contribution in [0.5, 0.6) is 0 Å². The van der Waals surface area contributed by atoms with Crippen molar-refractivity contribution in [2.75, 3.05) is 13.1 Å². The van der Waals surface area contributed by atoms with E-state index in [1.54, 1.807) is 40.0 Å². The molecule has 1 amide bonds. The van der Waals surface area contributed by atoms with Crippen LogP contribution in [0.2, 0.25) is 0 Å². The molecular formula is C21H24F4N2O2. The summed E-state index contributed by atoms with van der Waals surface area (Å²) >= 11 is 0. The summed E-state index contributed by atoms with van der Waals surface area (Å²) in [7, 11) is 1.55. The summed E-state index contributed by atoms with van der Waals surface area (Å²) in [6, 6.07) is 4.22. The molecule has 4 nitrogen and oxygen atoms in total. The van der Waals surface area contributed by atoms with E-state index in [9.17, 15) is 22.4 Å². The van der Waals surface area contributed by atoms with Crippen LogP contribution in [0, 0.1) is 5.82 Å². The van der Waals surface area contributed by atoms with Crippen molar-refractivity contribution in [2.45, 2.75) is 45.4 Å². The Morgan fingerprint density at radius 2 is 1.86 bits per heavy atom. The first-order valence-corrected chi connectivity index (χ1v) is 9.36. The van der Waals surface area contributed by atoms with Gasteiger partial charge < -0.3 is 14.2 Å². The number of fused-ring (bicyclic) bond motifs is 1. The molecule has 0 radical (unpaired) electrons. The minimum Gasteiger partial charge on any atom is -0.444 e. The van der Waals surface area contributed by atoms with Crippen molar-refractivity contribution in [1.29, 1.82) is 0 Å². The van der Waals surface area contributed by atoms with Gasteiger partial charge in [0.2, 0.25) is 0 Å². The molecule has 2 heterocycles. The molecule has 0 atom stereocenters. The fraction of sp³-hybridized carbons (Fsp3) is 0.476. The Bertz CT molecular complexity index is 968. The first kappa shape index (κ1) is 21.2. The maximum absolute atomic E-state index is 14.7. The summed E-state index contributed by atoms with van der Waals surface area (Å²) in [6.45, 7) is 6.02. The SMILES string of the molecule is Cn1c(CC(F)(F)F)cc2cc(F)c(C3=CCN(C(=O)OC(C)(C)C)CC3)cc21. The van der Waals surface area contributed by atoms with E-state index in [4.69, 9.17) is 4.74 Å². The topological polar surface area (TPSA) is 34.5 Å². The number of carbonyl (C=O) groups is 1. The highest BCUT2D eigenvalue weighted by atomic mass is 19.4. The number of benzene rings is 1. The first-order chi connectivity index (χ1) is 13.3. The molecule has 0 saturated carbocycles. The average Bonchev–Trinajstić information content (AvgIpc) is 2.86. The third-order valence-electron chi connectivity index (χ3n) is 4.82. The van der Waals surface area contributed by atoms with E-state index in [-0.39, 0.29) is 12.2 Å². The number of ether oxygens (including phenoxy) is 1. The Kier molecular flexibility index (Phi) is 5.40. The molecule has 0 N–H and O–H groups in total.